The van der Waals surface area contributed by atoms with Gasteiger partial charge in [0.25, 0.3) is 0 Å². The van der Waals surface area contributed by atoms with E-state index in [4.69, 9.17) is 0 Å². The molecular weight excluding hydrogens is 360 g/mol. The number of amides is 1. The maximum atomic E-state index is 12.4. The number of rotatable bonds is 7. The molecule has 0 saturated carbocycles. The van der Waals surface area contributed by atoms with Gasteiger partial charge in [0, 0.05) is 23.9 Å². The Bertz CT molecular complexity index is 1010. The number of allylic oxidation sites excluding steroid dienone is 1. The molecule has 0 bridgehead atoms. The highest BCUT2D eigenvalue weighted by molar-refractivity contribution is 5.92. The molecule has 0 fully saturated rings. The van der Waals surface area contributed by atoms with Crippen LogP contribution in [-0.4, -0.2) is 15.9 Å². The first-order chi connectivity index (χ1) is 13.9. The standard InChI is InChI=1S/C24H26N4O/c1-16(2)27-23-13-21(25-15-26-23)12-19-8-10-20(11-9-19)28-24(29)14-22-17(3)6-5-7-18(22)4/h5-11,13,15H,1,12,14H2,2-4H3,(H,28,29)(H,25,26,27). The summed E-state index contributed by atoms with van der Waals surface area (Å²) in [6, 6.07) is 15.8. The van der Waals surface area contributed by atoms with Gasteiger partial charge in [-0.2, -0.15) is 0 Å². The quantitative estimate of drug-likeness (QED) is 0.611. The number of nitrogens with zero attached hydrogens (tertiary/aromatic N) is 2. The predicted octanol–water partition coefficient (Wildman–Crippen LogP) is 4.81. The molecule has 0 aliphatic rings. The Labute approximate surface area is 171 Å². The van der Waals surface area contributed by atoms with Gasteiger partial charge in [-0.3, -0.25) is 4.79 Å². The van der Waals surface area contributed by atoms with Crippen LogP contribution in [0, 0.1) is 13.8 Å². The number of carbonyl (C=O) groups excluding carboxylic acids is 1. The van der Waals surface area contributed by atoms with E-state index in [0.29, 0.717) is 12.8 Å². The molecule has 1 amide bonds. The Morgan fingerprint density at radius 3 is 2.34 bits per heavy atom. The van der Waals surface area contributed by atoms with Gasteiger partial charge in [0.1, 0.15) is 12.1 Å². The third-order valence-corrected chi connectivity index (χ3v) is 4.67. The van der Waals surface area contributed by atoms with Crippen LogP contribution in [0.2, 0.25) is 0 Å². The third kappa shape index (κ3) is 5.75. The van der Waals surface area contributed by atoms with Crippen LogP contribution in [0.5, 0.6) is 0 Å². The summed E-state index contributed by atoms with van der Waals surface area (Å²) in [5.41, 5.74) is 7.01. The lowest BCUT2D eigenvalue weighted by Gasteiger charge is -2.11. The maximum absolute atomic E-state index is 12.4. The minimum Gasteiger partial charge on any atom is -0.345 e. The van der Waals surface area contributed by atoms with Crippen LogP contribution in [0.3, 0.4) is 0 Å². The molecule has 3 aromatic rings. The fourth-order valence-corrected chi connectivity index (χ4v) is 3.19. The average molecular weight is 386 g/mol. The lowest BCUT2D eigenvalue weighted by atomic mass is 10.00. The zero-order valence-electron chi connectivity index (χ0n) is 17.1. The predicted molar refractivity (Wildman–Crippen MR) is 118 cm³/mol. The topological polar surface area (TPSA) is 66.9 Å². The van der Waals surface area contributed by atoms with E-state index in [0.717, 1.165) is 45.2 Å². The number of anilines is 2. The zero-order valence-corrected chi connectivity index (χ0v) is 17.1. The van der Waals surface area contributed by atoms with E-state index < -0.39 is 0 Å². The second-order valence-electron chi connectivity index (χ2n) is 7.27. The number of nitrogens with one attached hydrogen (secondary N) is 2. The van der Waals surface area contributed by atoms with E-state index in [1.54, 1.807) is 6.33 Å². The summed E-state index contributed by atoms with van der Waals surface area (Å²) in [4.78, 5) is 21.0. The normalized spacial score (nSPS) is 10.4. The zero-order chi connectivity index (χ0) is 20.8. The summed E-state index contributed by atoms with van der Waals surface area (Å²) in [5, 5.41) is 6.08. The first-order valence-electron chi connectivity index (χ1n) is 9.58. The van der Waals surface area contributed by atoms with Gasteiger partial charge >= 0.3 is 0 Å². The summed E-state index contributed by atoms with van der Waals surface area (Å²) in [6.07, 6.45) is 2.60. The first-order valence-corrected chi connectivity index (χ1v) is 9.58. The summed E-state index contributed by atoms with van der Waals surface area (Å²) in [7, 11) is 0. The van der Waals surface area contributed by atoms with Gasteiger partial charge in [-0.25, -0.2) is 9.97 Å². The Morgan fingerprint density at radius 2 is 1.69 bits per heavy atom. The van der Waals surface area contributed by atoms with Crippen LogP contribution in [0.1, 0.15) is 34.9 Å². The van der Waals surface area contributed by atoms with E-state index in [1.807, 2.05) is 69.3 Å². The van der Waals surface area contributed by atoms with Crippen molar-refractivity contribution in [3.05, 3.63) is 95.1 Å². The molecule has 1 aromatic heterocycles. The Balaban J connectivity index is 1.61. The second-order valence-corrected chi connectivity index (χ2v) is 7.27. The van der Waals surface area contributed by atoms with Crippen molar-refractivity contribution >= 4 is 17.4 Å². The van der Waals surface area contributed by atoms with E-state index in [-0.39, 0.29) is 5.91 Å². The van der Waals surface area contributed by atoms with Gasteiger partial charge < -0.3 is 10.6 Å². The Hall–Kier alpha value is -3.47. The molecule has 0 spiro atoms. The second kappa shape index (κ2) is 9.15. The smallest absolute Gasteiger partial charge is 0.228 e. The van der Waals surface area contributed by atoms with Crippen molar-refractivity contribution in [2.24, 2.45) is 0 Å². The van der Waals surface area contributed by atoms with Crippen molar-refractivity contribution in [3.63, 3.8) is 0 Å². The summed E-state index contributed by atoms with van der Waals surface area (Å²) >= 11 is 0. The monoisotopic (exact) mass is 386 g/mol. The molecule has 1 heterocycles. The molecule has 0 aliphatic heterocycles. The Morgan fingerprint density at radius 1 is 1.00 bits per heavy atom. The number of aryl methyl sites for hydroxylation is 2. The van der Waals surface area contributed by atoms with Gasteiger partial charge in [0.2, 0.25) is 5.91 Å². The first kappa shape index (κ1) is 20.3. The van der Waals surface area contributed by atoms with E-state index >= 15 is 0 Å². The van der Waals surface area contributed by atoms with Crippen LogP contribution in [0.15, 0.2) is 67.1 Å². The molecule has 148 valence electrons. The average Bonchev–Trinajstić information content (AvgIpc) is 2.66. The summed E-state index contributed by atoms with van der Waals surface area (Å²) in [5.74, 6) is 0.722. The van der Waals surface area contributed by atoms with Crippen molar-refractivity contribution in [1.82, 2.24) is 9.97 Å². The van der Waals surface area contributed by atoms with Crippen LogP contribution < -0.4 is 10.6 Å². The maximum Gasteiger partial charge on any atom is 0.228 e. The summed E-state index contributed by atoms with van der Waals surface area (Å²) in [6.45, 7) is 9.78. The molecule has 2 N–H and O–H groups in total. The number of hydrogen-bond acceptors (Lipinski definition) is 4. The molecular formula is C24H26N4O. The molecule has 2 aromatic carbocycles. The molecule has 0 radical (unpaired) electrons. The van der Waals surface area contributed by atoms with Crippen LogP contribution in [0.25, 0.3) is 0 Å². The van der Waals surface area contributed by atoms with E-state index in [2.05, 4.69) is 27.2 Å². The summed E-state index contributed by atoms with van der Waals surface area (Å²) < 4.78 is 0. The number of hydrogen-bond donors (Lipinski definition) is 2. The van der Waals surface area contributed by atoms with Gasteiger partial charge in [0.05, 0.1) is 12.1 Å². The highest BCUT2D eigenvalue weighted by atomic mass is 16.1. The minimum absolute atomic E-state index is 0.0125. The minimum atomic E-state index is -0.0125. The van der Waals surface area contributed by atoms with Crippen molar-refractivity contribution in [2.45, 2.75) is 33.6 Å². The number of benzene rings is 2. The van der Waals surface area contributed by atoms with Crippen LogP contribution in [-0.2, 0) is 17.6 Å². The molecule has 0 saturated heterocycles. The lowest BCUT2D eigenvalue weighted by Crippen LogP contribution is -2.15. The largest absolute Gasteiger partial charge is 0.345 e. The Kier molecular flexibility index (Phi) is 6.39. The molecule has 0 unspecified atom stereocenters. The van der Waals surface area contributed by atoms with E-state index in [9.17, 15) is 4.79 Å². The van der Waals surface area contributed by atoms with Gasteiger partial charge in [-0.15, -0.1) is 0 Å². The van der Waals surface area contributed by atoms with Crippen molar-refractivity contribution in [2.75, 3.05) is 10.6 Å². The molecule has 5 heteroatoms. The highest BCUT2D eigenvalue weighted by Crippen LogP contribution is 2.17. The fraction of sp³-hybridized carbons (Fsp3) is 0.208. The van der Waals surface area contributed by atoms with Crippen molar-refractivity contribution in [1.29, 1.82) is 0 Å². The SMILES string of the molecule is C=C(C)Nc1cc(Cc2ccc(NC(=O)Cc3c(C)cccc3C)cc2)ncn1. The lowest BCUT2D eigenvalue weighted by molar-refractivity contribution is -0.115. The van der Waals surface area contributed by atoms with Gasteiger partial charge in [-0.1, -0.05) is 36.9 Å². The van der Waals surface area contributed by atoms with Crippen LogP contribution in [0.4, 0.5) is 11.5 Å². The highest BCUT2D eigenvalue weighted by Gasteiger charge is 2.09. The van der Waals surface area contributed by atoms with E-state index in [1.165, 1.54) is 0 Å². The molecule has 3 rings (SSSR count). The third-order valence-electron chi connectivity index (χ3n) is 4.67. The molecule has 29 heavy (non-hydrogen) atoms. The van der Waals surface area contributed by atoms with Crippen molar-refractivity contribution < 1.29 is 4.79 Å². The number of carbonyl (C=O) groups is 1. The molecule has 5 nitrogen and oxygen atoms in total. The van der Waals surface area contributed by atoms with Gasteiger partial charge in [0.15, 0.2) is 0 Å². The number of aromatic nitrogens is 2. The fourth-order valence-electron chi connectivity index (χ4n) is 3.19. The molecule has 0 aliphatic carbocycles. The molecule has 0 atom stereocenters. The van der Waals surface area contributed by atoms with Crippen LogP contribution >= 0.6 is 0 Å². The van der Waals surface area contributed by atoms with Gasteiger partial charge in [-0.05, 0) is 55.2 Å². The van der Waals surface area contributed by atoms with Crippen molar-refractivity contribution in [3.8, 4) is 0 Å².